The lowest BCUT2D eigenvalue weighted by Gasteiger charge is -2.18. The van der Waals surface area contributed by atoms with Gasteiger partial charge in [0.1, 0.15) is 11.6 Å². The zero-order valence-electron chi connectivity index (χ0n) is 15.9. The first-order chi connectivity index (χ1) is 12.8. The first-order valence-corrected chi connectivity index (χ1v) is 8.72. The zero-order chi connectivity index (χ0) is 20.0. The van der Waals surface area contributed by atoms with E-state index in [0.717, 1.165) is 16.7 Å². The van der Waals surface area contributed by atoms with Gasteiger partial charge in [-0.2, -0.15) is 0 Å². The van der Waals surface area contributed by atoms with Crippen LogP contribution >= 0.6 is 0 Å². The first kappa shape index (κ1) is 20.4. The first-order valence-electron chi connectivity index (χ1n) is 8.72. The number of para-hydroxylation sites is 1. The molecule has 2 atom stereocenters. The van der Waals surface area contributed by atoms with Crippen LogP contribution in [0.1, 0.15) is 36.6 Å². The summed E-state index contributed by atoms with van der Waals surface area (Å²) in [6, 6.07) is 11.2. The minimum Gasteiger partial charge on any atom is -0.481 e. The van der Waals surface area contributed by atoms with E-state index in [4.69, 9.17) is 9.47 Å². The third kappa shape index (κ3) is 5.81. The van der Waals surface area contributed by atoms with Gasteiger partial charge in [0.15, 0.2) is 12.7 Å². The van der Waals surface area contributed by atoms with E-state index >= 15 is 0 Å². The Bertz CT molecular complexity index is 784. The lowest BCUT2D eigenvalue weighted by atomic mass is 10.1. The van der Waals surface area contributed by atoms with Gasteiger partial charge in [0, 0.05) is 0 Å². The summed E-state index contributed by atoms with van der Waals surface area (Å²) in [5.74, 6) is -0.776. The molecular formula is C21H24FNO4. The van der Waals surface area contributed by atoms with Crippen LogP contribution in [0.2, 0.25) is 0 Å². The van der Waals surface area contributed by atoms with Gasteiger partial charge in [-0.05, 0) is 56.5 Å². The van der Waals surface area contributed by atoms with E-state index in [1.165, 1.54) is 19.1 Å². The molecule has 0 radical (unpaired) electrons. The van der Waals surface area contributed by atoms with Gasteiger partial charge in [-0.15, -0.1) is 0 Å². The molecule has 0 aliphatic heterocycles. The van der Waals surface area contributed by atoms with Crippen LogP contribution in [0.3, 0.4) is 0 Å². The molecule has 1 N–H and O–H groups in total. The number of rotatable bonds is 7. The van der Waals surface area contributed by atoms with Crippen LogP contribution in [0.5, 0.6) is 5.75 Å². The van der Waals surface area contributed by atoms with Crippen molar-refractivity contribution < 1.29 is 23.5 Å². The molecule has 0 heterocycles. The summed E-state index contributed by atoms with van der Waals surface area (Å²) in [6.07, 6.45) is -0.970. The second-order valence-electron chi connectivity index (χ2n) is 6.42. The Labute approximate surface area is 158 Å². The molecule has 0 saturated carbocycles. The number of hydrogen-bond acceptors (Lipinski definition) is 4. The van der Waals surface area contributed by atoms with Crippen molar-refractivity contribution >= 4 is 11.9 Å². The Balaban J connectivity index is 1.84. The average molecular weight is 373 g/mol. The number of halogens is 1. The van der Waals surface area contributed by atoms with Crippen LogP contribution in [-0.2, 0) is 14.3 Å². The average Bonchev–Trinajstić information content (AvgIpc) is 2.61. The number of carbonyl (C=O) groups excluding carboxylic acids is 2. The maximum Gasteiger partial charge on any atom is 0.344 e. The summed E-state index contributed by atoms with van der Waals surface area (Å²) in [5, 5.41) is 2.73. The lowest BCUT2D eigenvalue weighted by molar-refractivity contribution is -0.156. The number of aryl methyl sites for hydroxylation is 2. The van der Waals surface area contributed by atoms with E-state index in [2.05, 4.69) is 5.32 Å². The standard InChI is InChI=1S/C21H24FNO4/c1-13-6-5-7-14(2)20(13)26-12-19(24)27-16(4)21(25)23-15(3)17-8-10-18(22)11-9-17/h5-11,15-16H,12H2,1-4H3,(H,23,25). The summed E-state index contributed by atoms with van der Waals surface area (Å²) in [4.78, 5) is 24.2. The number of carbonyl (C=O) groups is 2. The Morgan fingerprint density at radius 1 is 1.04 bits per heavy atom. The fraction of sp³-hybridized carbons (Fsp3) is 0.333. The Morgan fingerprint density at radius 2 is 1.63 bits per heavy atom. The molecule has 6 heteroatoms. The third-order valence-electron chi connectivity index (χ3n) is 4.15. The van der Waals surface area contributed by atoms with E-state index in [9.17, 15) is 14.0 Å². The van der Waals surface area contributed by atoms with Gasteiger partial charge in [0.05, 0.1) is 6.04 Å². The normalized spacial score (nSPS) is 12.8. The molecule has 1 amide bonds. The highest BCUT2D eigenvalue weighted by Crippen LogP contribution is 2.22. The van der Waals surface area contributed by atoms with Crippen LogP contribution < -0.4 is 10.1 Å². The van der Waals surface area contributed by atoms with Crippen LogP contribution in [-0.4, -0.2) is 24.6 Å². The lowest BCUT2D eigenvalue weighted by Crippen LogP contribution is -2.38. The topological polar surface area (TPSA) is 64.6 Å². The van der Waals surface area contributed by atoms with Crippen molar-refractivity contribution in [2.24, 2.45) is 0 Å². The molecule has 5 nitrogen and oxygen atoms in total. The molecule has 0 saturated heterocycles. The van der Waals surface area contributed by atoms with Crippen molar-refractivity contribution in [3.63, 3.8) is 0 Å². The van der Waals surface area contributed by atoms with Gasteiger partial charge in [-0.1, -0.05) is 30.3 Å². The van der Waals surface area contributed by atoms with E-state index in [-0.39, 0.29) is 18.5 Å². The van der Waals surface area contributed by atoms with Gasteiger partial charge in [-0.25, -0.2) is 9.18 Å². The zero-order valence-corrected chi connectivity index (χ0v) is 15.9. The van der Waals surface area contributed by atoms with E-state index in [0.29, 0.717) is 5.75 Å². The van der Waals surface area contributed by atoms with Gasteiger partial charge >= 0.3 is 5.97 Å². The van der Waals surface area contributed by atoms with Crippen molar-refractivity contribution in [1.82, 2.24) is 5.32 Å². The number of amides is 1. The molecule has 0 aliphatic rings. The highest BCUT2D eigenvalue weighted by molar-refractivity contribution is 5.84. The fourth-order valence-corrected chi connectivity index (χ4v) is 2.61. The summed E-state index contributed by atoms with van der Waals surface area (Å²) in [6.45, 7) is 6.76. The minimum atomic E-state index is -0.970. The van der Waals surface area contributed by atoms with E-state index in [1.807, 2.05) is 32.0 Å². The Morgan fingerprint density at radius 3 is 2.22 bits per heavy atom. The Hall–Kier alpha value is -2.89. The van der Waals surface area contributed by atoms with E-state index in [1.54, 1.807) is 19.1 Å². The predicted octanol–water partition coefficient (Wildman–Crippen LogP) is 3.63. The maximum absolute atomic E-state index is 13.0. The maximum atomic E-state index is 13.0. The molecule has 2 aromatic rings. The second kappa shape index (κ2) is 9.16. The molecular weight excluding hydrogens is 349 g/mol. The third-order valence-corrected chi connectivity index (χ3v) is 4.15. The van der Waals surface area contributed by atoms with Crippen molar-refractivity contribution in [1.29, 1.82) is 0 Å². The number of hydrogen-bond donors (Lipinski definition) is 1. The van der Waals surface area contributed by atoms with Crippen LogP contribution in [0.15, 0.2) is 42.5 Å². The molecule has 2 unspecified atom stereocenters. The molecule has 2 aromatic carbocycles. The molecule has 2 rings (SSSR count). The molecule has 0 fully saturated rings. The van der Waals surface area contributed by atoms with Crippen LogP contribution in [0.4, 0.5) is 4.39 Å². The summed E-state index contributed by atoms with van der Waals surface area (Å²) < 4.78 is 23.6. The smallest absolute Gasteiger partial charge is 0.344 e. The quantitative estimate of drug-likeness (QED) is 0.753. The van der Waals surface area contributed by atoms with Crippen molar-refractivity contribution in [3.8, 4) is 5.75 Å². The van der Waals surface area contributed by atoms with Crippen LogP contribution in [0.25, 0.3) is 0 Å². The molecule has 0 aromatic heterocycles. The van der Waals surface area contributed by atoms with E-state index < -0.39 is 18.0 Å². The summed E-state index contributed by atoms with van der Waals surface area (Å²) in [5.41, 5.74) is 2.59. The number of esters is 1. The number of nitrogens with one attached hydrogen (secondary N) is 1. The van der Waals surface area contributed by atoms with Gasteiger partial charge in [0.2, 0.25) is 0 Å². The molecule has 0 spiro atoms. The van der Waals surface area contributed by atoms with Crippen molar-refractivity contribution in [2.45, 2.75) is 39.8 Å². The van der Waals surface area contributed by atoms with Crippen molar-refractivity contribution in [2.75, 3.05) is 6.61 Å². The molecule has 144 valence electrons. The highest BCUT2D eigenvalue weighted by atomic mass is 19.1. The summed E-state index contributed by atoms with van der Waals surface area (Å²) >= 11 is 0. The van der Waals surface area contributed by atoms with Gasteiger partial charge < -0.3 is 14.8 Å². The number of ether oxygens (including phenoxy) is 2. The largest absolute Gasteiger partial charge is 0.481 e. The molecule has 0 bridgehead atoms. The predicted molar refractivity (Wildman–Crippen MR) is 99.9 cm³/mol. The highest BCUT2D eigenvalue weighted by Gasteiger charge is 2.20. The molecule has 27 heavy (non-hydrogen) atoms. The Kier molecular flexibility index (Phi) is 6.93. The van der Waals surface area contributed by atoms with Gasteiger partial charge in [0.25, 0.3) is 5.91 Å². The SMILES string of the molecule is Cc1cccc(C)c1OCC(=O)OC(C)C(=O)NC(C)c1ccc(F)cc1. The van der Waals surface area contributed by atoms with Crippen LogP contribution in [0, 0.1) is 19.7 Å². The second-order valence-corrected chi connectivity index (χ2v) is 6.42. The number of benzene rings is 2. The summed E-state index contributed by atoms with van der Waals surface area (Å²) in [7, 11) is 0. The molecule has 0 aliphatic carbocycles. The monoisotopic (exact) mass is 373 g/mol. The minimum absolute atomic E-state index is 0.281. The fourth-order valence-electron chi connectivity index (χ4n) is 2.61. The van der Waals surface area contributed by atoms with Gasteiger partial charge in [-0.3, -0.25) is 4.79 Å². The van der Waals surface area contributed by atoms with Crippen molar-refractivity contribution in [3.05, 3.63) is 65.0 Å².